The molecule has 112 valence electrons. The maximum Gasteiger partial charge on any atom is 0.217 e. The lowest BCUT2D eigenvalue weighted by molar-refractivity contribution is 0.301. The zero-order chi connectivity index (χ0) is 14.6. The van der Waals surface area contributed by atoms with Crippen LogP contribution in [-0.4, -0.2) is 50.8 Å². The van der Waals surface area contributed by atoms with Crippen LogP contribution in [0.1, 0.15) is 12.5 Å². The molecule has 0 aromatic heterocycles. The lowest BCUT2D eigenvalue weighted by atomic mass is 10.2. The summed E-state index contributed by atoms with van der Waals surface area (Å²) in [5.41, 5.74) is 1.15. The predicted molar refractivity (Wildman–Crippen MR) is 79.5 cm³/mol. The molecule has 1 aliphatic heterocycles. The number of sulfonamides is 1. The third-order valence-corrected chi connectivity index (χ3v) is 5.16. The van der Waals surface area contributed by atoms with Crippen LogP contribution < -0.4 is 10.1 Å². The topological polar surface area (TPSA) is 58.6 Å². The molecule has 0 saturated carbocycles. The van der Waals surface area contributed by atoms with Crippen molar-refractivity contribution in [1.29, 1.82) is 0 Å². The van der Waals surface area contributed by atoms with Gasteiger partial charge in [0, 0.05) is 25.7 Å². The van der Waals surface area contributed by atoms with Gasteiger partial charge in [0.2, 0.25) is 10.0 Å². The molecule has 1 heterocycles. The summed E-state index contributed by atoms with van der Waals surface area (Å²) < 4.78 is 31.4. The minimum absolute atomic E-state index is 0.0214. The Morgan fingerprint density at radius 1 is 1.35 bits per heavy atom. The van der Waals surface area contributed by atoms with Crippen LogP contribution in [0.5, 0.6) is 5.75 Å². The van der Waals surface area contributed by atoms with Gasteiger partial charge >= 0.3 is 0 Å². The molecule has 0 amide bonds. The van der Waals surface area contributed by atoms with E-state index in [0.29, 0.717) is 25.4 Å². The molecule has 0 radical (unpaired) electrons. The third kappa shape index (κ3) is 4.19. The Hall–Kier alpha value is -1.11. The zero-order valence-corrected chi connectivity index (χ0v) is 12.8. The molecule has 0 bridgehead atoms. The number of rotatable bonds is 5. The number of hydrogen-bond donors (Lipinski definition) is 1. The summed E-state index contributed by atoms with van der Waals surface area (Å²) in [6.45, 7) is 5.96. The van der Waals surface area contributed by atoms with E-state index >= 15 is 0 Å². The molecule has 1 fully saturated rings. The van der Waals surface area contributed by atoms with Crippen LogP contribution >= 0.6 is 0 Å². The maximum absolute atomic E-state index is 12.2. The Labute approximate surface area is 121 Å². The summed E-state index contributed by atoms with van der Waals surface area (Å²) in [7, 11) is -3.23. The van der Waals surface area contributed by atoms with E-state index in [1.165, 1.54) is 0 Å². The highest BCUT2D eigenvalue weighted by atomic mass is 32.2. The molecule has 0 aliphatic carbocycles. The largest absolute Gasteiger partial charge is 0.492 e. The maximum atomic E-state index is 12.2. The number of benzene rings is 1. The molecule has 5 nitrogen and oxygen atoms in total. The van der Waals surface area contributed by atoms with E-state index in [0.717, 1.165) is 5.56 Å². The van der Waals surface area contributed by atoms with E-state index < -0.39 is 10.0 Å². The highest BCUT2D eigenvalue weighted by molar-refractivity contribution is 7.89. The number of aryl methyl sites for hydroxylation is 1. The lowest BCUT2D eigenvalue weighted by Gasteiger charge is -2.30. The van der Waals surface area contributed by atoms with Crippen molar-refractivity contribution in [3.8, 4) is 5.75 Å². The van der Waals surface area contributed by atoms with Gasteiger partial charge in [0.05, 0.1) is 5.75 Å². The van der Waals surface area contributed by atoms with Gasteiger partial charge in [-0.05, 0) is 26.0 Å². The summed E-state index contributed by atoms with van der Waals surface area (Å²) >= 11 is 0. The van der Waals surface area contributed by atoms with Crippen LogP contribution in [0.2, 0.25) is 0 Å². The lowest BCUT2D eigenvalue weighted by Crippen LogP contribution is -2.52. The molecule has 1 saturated heterocycles. The van der Waals surface area contributed by atoms with E-state index in [1.54, 1.807) is 4.31 Å². The second-order valence-electron chi connectivity index (χ2n) is 5.19. The van der Waals surface area contributed by atoms with E-state index in [2.05, 4.69) is 5.32 Å². The number of nitrogens with one attached hydrogen (secondary N) is 1. The van der Waals surface area contributed by atoms with Gasteiger partial charge in [-0.15, -0.1) is 0 Å². The molecule has 2 rings (SSSR count). The summed E-state index contributed by atoms with van der Waals surface area (Å²) in [6, 6.07) is 7.81. The van der Waals surface area contributed by atoms with Crippen molar-refractivity contribution in [3.05, 3.63) is 29.8 Å². The Balaban J connectivity index is 1.84. The number of nitrogens with zero attached hydrogens (tertiary/aromatic N) is 1. The number of hydrogen-bond acceptors (Lipinski definition) is 4. The van der Waals surface area contributed by atoms with Crippen LogP contribution in [0, 0.1) is 6.92 Å². The van der Waals surface area contributed by atoms with Crippen molar-refractivity contribution in [2.24, 2.45) is 0 Å². The average molecular weight is 298 g/mol. The number of ether oxygens (including phenoxy) is 1. The monoisotopic (exact) mass is 298 g/mol. The molecule has 20 heavy (non-hydrogen) atoms. The van der Waals surface area contributed by atoms with Crippen molar-refractivity contribution in [2.75, 3.05) is 32.0 Å². The first-order valence-corrected chi connectivity index (χ1v) is 8.49. The Kier molecular flexibility index (Phi) is 5.01. The molecule has 1 aromatic rings. The fourth-order valence-corrected chi connectivity index (χ4v) is 3.55. The Morgan fingerprint density at radius 3 is 2.70 bits per heavy atom. The highest BCUT2D eigenvalue weighted by Crippen LogP contribution is 2.12. The normalized spacial score (nSPS) is 20.8. The molecule has 1 atom stereocenters. The zero-order valence-electron chi connectivity index (χ0n) is 12.0. The SMILES string of the molecule is Cc1ccc(OCCS(=O)(=O)N2CCN[C@H](C)C2)cc1. The van der Waals surface area contributed by atoms with Crippen LogP contribution in [0.4, 0.5) is 0 Å². The second-order valence-corrected chi connectivity index (χ2v) is 7.28. The molecular formula is C14H22N2O3S. The fourth-order valence-electron chi connectivity index (χ4n) is 2.18. The molecule has 1 N–H and O–H groups in total. The highest BCUT2D eigenvalue weighted by Gasteiger charge is 2.26. The van der Waals surface area contributed by atoms with Gasteiger partial charge in [-0.3, -0.25) is 0 Å². The minimum atomic E-state index is -3.23. The summed E-state index contributed by atoms with van der Waals surface area (Å²) in [6.07, 6.45) is 0. The smallest absolute Gasteiger partial charge is 0.217 e. The minimum Gasteiger partial charge on any atom is -0.492 e. The van der Waals surface area contributed by atoms with E-state index in [1.807, 2.05) is 38.1 Å². The van der Waals surface area contributed by atoms with E-state index in [9.17, 15) is 8.42 Å². The molecule has 1 aromatic carbocycles. The van der Waals surface area contributed by atoms with Crippen molar-refractivity contribution in [3.63, 3.8) is 0 Å². The molecular weight excluding hydrogens is 276 g/mol. The molecule has 6 heteroatoms. The Bertz CT molecular complexity index is 528. The quantitative estimate of drug-likeness (QED) is 0.881. The summed E-state index contributed by atoms with van der Waals surface area (Å²) in [4.78, 5) is 0. The van der Waals surface area contributed by atoms with Crippen molar-refractivity contribution < 1.29 is 13.2 Å². The molecule has 1 aliphatic rings. The van der Waals surface area contributed by atoms with Gasteiger partial charge in [-0.25, -0.2) is 8.42 Å². The van der Waals surface area contributed by atoms with Crippen LogP contribution in [0.25, 0.3) is 0 Å². The van der Waals surface area contributed by atoms with Crippen LogP contribution in [0.15, 0.2) is 24.3 Å². The predicted octanol–water partition coefficient (Wildman–Crippen LogP) is 0.997. The van der Waals surface area contributed by atoms with Crippen molar-refractivity contribution in [1.82, 2.24) is 9.62 Å². The van der Waals surface area contributed by atoms with Crippen molar-refractivity contribution in [2.45, 2.75) is 19.9 Å². The van der Waals surface area contributed by atoms with Gasteiger partial charge in [-0.2, -0.15) is 4.31 Å². The first-order chi connectivity index (χ1) is 9.47. The third-order valence-electron chi connectivity index (χ3n) is 3.36. The van der Waals surface area contributed by atoms with Gasteiger partial charge in [0.15, 0.2) is 0 Å². The summed E-state index contributed by atoms with van der Waals surface area (Å²) in [5.74, 6) is 0.729. The van der Waals surface area contributed by atoms with E-state index in [-0.39, 0.29) is 18.4 Å². The van der Waals surface area contributed by atoms with E-state index in [4.69, 9.17) is 4.74 Å². The van der Waals surface area contributed by atoms with Crippen LogP contribution in [-0.2, 0) is 10.0 Å². The number of piperazine rings is 1. The summed E-state index contributed by atoms with van der Waals surface area (Å²) in [5, 5.41) is 3.23. The first kappa shape index (κ1) is 15.3. The van der Waals surface area contributed by atoms with Gasteiger partial charge in [0.25, 0.3) is 0 Å². The standard InChI is InChI=1S/C14H22N2O3S/c1-12-3-5-14(6-4-12)19-9-10-20(17,18)16-8-7-15-13(2)11-16/h3-6,13,15H,7-11H2,1-2H3/t13-/m1/s1. The van der Waals surface area contributed by atoms with Crippen LogP contribution in [0.3, 0.4) is 0 Å². The second kappa shape index (κ2) is 6.56. The molecule has 0 spiro atoms. The Morgan fingerprint density at radius 2 is 2.05 bits per heavy atom. The van der Waals surface area contributed by atoms with Gasteiger partial charge in [0.1, 0.15) is 12.4 Å². The van der Waals surface area contributed by atoms with Gasteiger partial charge < -0.3 is 10.1 Å². The van der Waals surface area contributed by atoms with Crippen molar-refractivity contribution >= 4 is 10.0 Å². The average Bonchev–Trinajstić information content (AvgIpc) is 2.41. The van der Waals surface area contributed by atoms with Gasteiger partial charge in [-0.1, -0.05) is 17.7 Å². The fraction of sp³-hybridized carbons (Fsp3) is 0.571. The first-order valence-electron chi connectivity index (χ1n) is 6.88. The molecule has 0 unspecified atom stereocenters.